The summed E-state index contributed by atoms with van der Waals surface area (Å²) in [5, 5.41) is 2.13. The van der Waals surface area contributed by atoms with Crippen molar-refractivity contribution in [2.75, 3.05) is 0 Å². The number of hydrogen-bond donors (Lipinski definition) is 0. The zero-order chi connectivity index (χ0) is 79.3. The normalized spacial score (nSPS) is 14.9. The second-order valence-electron chi connectivity index (χ2n) is 32.2. The Morgan fingerprint density at radius 3 is 0.587 bits per heavy atom. The predicted octanol–water partition coefficient (Wildman–Crippen LogP) is 28.2. The van der Waals surface area contributed by atoms with Gasteiger partial charge >= 0.3 is 0 Å². The van der Waals surface area contributed by atoms with E-state index in [9.17, 15) is 0 Å². The van der Waals surface area contributed by atoms with Crippen molar-refractivity contribution < 1.29 is 37.9 Å². The highest BCUT2D eigenvalue weighted by molar-refractivity contribution is 6.12. The standard InChI is InChI=1S/C56H33NO4.C56H34O4/c1-2-16-34(17-3-1)57-45-32-43-53(60-51-28-14-8-22-41(51)55(43)37-18-4-10-24-47(37)58-48-25-11-5-19-38(48)55)30-35(45)36-31-54-44(33-46(36)57)56(42-23-9-15-29-52(42)61-54)39-20-6-12-26-49(39)59-50-27-13-7-21-40(50)56;1-7-22-47-39(16-1)55(40-17-2-8-23-48(40)57-47)43-20-5-11-26-51(43)59-53-30-28-37(33-45(53)55)35-14-13-15-36(32-35)38-29-31-54-46(34-38)56(44-21-6-12-27-52(44)60-54)41-18-3-9-24-49(41)58-50-25-10-4-19-42(50)56/h1-33H;1-34H. The van der Waals surface area contributed by atoms with Crippen molar-refractivity contribution in [3.8, 4) is 120 Å². The van der Waals surface area contributed by atoms with Crippen molar-refractivity contribution in [1.29, 1.82) is 0 Å². The number of ether oxygens (including phenoxy) is 8. The summed E-state index contributed by atoms with van der Waals surface area (Å²) in [7, 11) is 0. The molecule has 4 spiro atoms. The summed E-state index contributed by atoms with van der Waals surface area (Å²) in [5.41, 5.74) is 22.1. The molecule has 18 aromatic carbocycles. The first-order valence-electron chi connectivity index (χ1n) is 41.1. The van der Waals surface area contributed by atoms with Crippen LogP contribution in [0.15, 0.2) is 406 Å². The number of rotatable bonds is 3. The molecule has 0 saturated heterocycles. The largest absolute Gasteiger partial charge is 0.457 e. The van der Waals surface area contributed by atoms with Crippen LogP contribution in [0, 0.1) is 0 Å². The van der Waals surface area contributed by atoms with E-state index >= 15 is 0 Å². The molecule has 0 atom stereocenters. The van der Waals surface area contributed by atoms with Crippen LogP contribution in [-0.2, 0) is 21.7 Å². The number of nitrogens with zero attached hydrogens (tertiary/aromatic N) is 1. The first-order valence-corrected chi connectivity index (χ1v) is 41.1. The quantitative estimate of drug-likeness (QED) is 0.173. The highest BCUT2D eigenvalue weighted by Crippen LogP contribution is 2.68. The molecule has 27 rings (SSSR count). The van der Waals surface area contributed by atoms with Crippen LogP contribution in [0.25, 0.3) is 49.7 Å². The highest BCUT2D eigenvalue weighted by atomic mass is 16.5. The lowest BCUT2D eigenvalue weighted by molar-refractivity contribution is 0.399. The lowest BCUT2D eigenvalue weighted by Gasteiger charge is -2.45. The number of aromatic nitrogens is 1. The molecule has 568 valence electrons. The van der Waals surface area contributed by atoms with E-state index < -0.39 is 21.7 Å². The molecule has 9 heterocycles. The third kappa shape index (κ3) is 9.18. The molecule has 9 heteroatoms. The Morgan fingerprint density at radius 1 is 0.140 bits per heavy atom. The van der Waals surface area contributed by atoms with Gasteiger partial charge in [0.25, 0.3) is 0 Å². The minimum atomic E-state index is -0.731. The van der Waals surface area contributed by atoms with Gasteiger partial charge in [0, 0.05) is 105 Å². The van der Waals surface area contributed by atoms with Gasteiger partial charge in [0.2, 0.25) is 0 Å². The summed E-state index contributed by atoms with van der Waals surface area (Å²) in [6.07, 6.45) is 0. The van der Waals surface area contributed by atoms with Crippen LogP contribution in [0.4, 0.5) is 0 Å². The molecule has 0 radical (unpaired) electrons. The van der Waals surface area contributed by atoms with E-state index in [0.29, 0.717) is 0 Å². The highest BCUT2D eigenvalue weighted by Gasteiger charge is 2.56. The zero-order valence-corrected chi connectivity index (χ0v) is 64.9. The van der Waals surface area contributed by atoms with Gasteiger partial charge in [-0.05, 0) is 162 Å². The average Bonchev–Trinajstić information content (AvgIpc) is 1.48. The second-order valence-corrected chi connectivity index (χ2v) is 32.2. The van der Waals surface area contributed by atoms with E-state index in [1.807, 2.05) is 60.7 Å². The maximum atomic E-state index is 7.04. The maximum Gasteiger partial charge on any atom is 0.133 e. The minimum absolute atomic E-state index is 0.664. The second kappa shape index (κ2) is 25.3. The van der Waals surface area contributed by atoms with Gasteiger partial charge in [-0.3, -0.25) is 0 Å². The zero-order valence-electron chi connectivity index (χ0n) is 64.9. The molecule has 19 aromatic rings. The van der Waals surface area contributed by atoms with Gasteiger partial charge < -0.3 is 42.5 Å². The predicted molar refractivity (Wildman–Crippen MR) is 472 cm³/mol. The Kier molecular flexibility index (Phi) is 14.1. The van der Waals surface area contributed by atoms with Gasteiger partial charge in [-0.1, -0.05) is 267 Å². The molecular weight excluding hydrogens is 1490 g/mol. The summed E-state index contributed by atoms with van der Waals surface area (Å²) in [5.74, 6) is 13.3. The lowest BCUT2D eigenvalue weighted by Crippen LogP contribution is -2.36. The van der Waals surface area contributed by atoms with E-state index in [1.165, 1.54) is 0 Å². The average molecular weight is 1550 g/mol. The van der Waals surface area contributed by atoms with Crippen LogP contribution in [0.2, 0.25) is 0 Å². The van der Waals surface area contributed by atoms with Crippen LogP contribution >= 0.6 is 0 Å². The molecule has 0 saturated carbocycles. The minimum Gasteiger partial charge on any atom is -0.457 e. The fourth-order valence-electron chi connectivity index (χ4n) is 21.6. The van der Waals surface area contributed by atoms with Crippen LogP contribution in [0.3, 0.4) is 0 Å². The molecule has 0 N–H and O–H groups in total. The van der Waals surface area contributed by atoms with Crippen LogP contribution < -0.4 is 37.9 Å². The van der Waals surface area contributed by atoms with Gasteiger partial charge in [-0.25, -0.2) is 0 Å². The Labute approximate surface area is 696 Å². The Morgan fingerprint density at radius 2 is 0.339 bits per heavy atom. The van der Waals surface area contributed by atoms with Crippen molar-refractivity contribution in [3.05, 3.63) is 495 Å². The number of hydrogen-bond acceptors (Lipinski definition) is 8. The number of benzene rings is 18. The van der Waals surface area contributed by atoms with Gasteiger partial charge in [0.1, 0.15) is 92.0 Å². The van der Waals surface area contributed by atoms with Gasteiger partial charge in [0.05, 0.1) is 32.7 Å². The Bertz CT molecular complexity index is 6910. The van der Waals surface area contributed by atoms with Gasteiger partial charge in [-0.2, -0.15) is 0 Å². The SMILES string of the molecule is c1cc(-c2ccc3c(c2)C2(c4ccccc4Oc4ccccc42)c2ccccc2O3)cc(-c2ccc3c(c2)C2(c4ccccc4Oc4ccccc42)c2ccccc2O3)c1.c1ccc(-n2c3cc4c(cc3c3cc5c(cc32)C2(c3ccccc3Oc3ccccc32)c2ccccc2O5)Oc2ccccc2C42c3ccccc3Oc3ccccc32)cc1. The number of fused-ring (bicyclic) bond motifs is 35. The van der Waals surface area contributed by atoms with Crippen molar-refractivity contribution in [3.63, 3.8) is 0 Å². The van der Waals surface area contributed by atoms with E-state index in [-0.39, 0.29) is 0 Å². The van der Waals surface area contributed by atoms with Gasteiger partial charge in [-0.15, -0.1) is 0 Å². The molecule has 9 nitrogen and oxygen atoms in total. The molecule has 8 aliphatic heterocycles. The summed E-state index contributed by atoms with van der Waals surface area (Å²) >= 11 is 0. The lowest BCUT2D eigenvalue weighted by atomic mass is 9.62. The number of para-hydroxylation sites is 13. The molecule has 0 bridgehead atoms. The van der Waals surface area contributed by atoms with E-state index in [2.05, 4.69) is 350 Å². The van der Waals surface area contributed by atoms with E-state index in [0.717, 1.165) is 231 Å². The Hall–Kier alpha value is -15.8. The molecule has 0 amide bonds. The summed E-state index contributed by atoms with van der Waals surface area (Å²) in [6.45, 7) is 0. The van der Waals surface area contributed by atoms with Crippen LogP contribution in [-0.4, -0.2) is 4.57 Å². The van der Waals surface area contributed by atoms with Crippen molar-refractivity contribution >= 4 is 21.8 Å². The van der Waals surface area contributed by atoms with E-state index in [4.69, 9.17) is 37.9 Å². The summed E-state index contributed by atoms with van der Waals surface area (Å²) in [6, 6.07) is 143. The first kappa shape index (κ1) is 67.3. The molecule has 0 aliphatic carbocycles. The molecule has 8 aliphatic rings. The van der Waals surface area contributed by atoms with Gasteiger partial charge in [0.15, 0.2) is 0 Å². The molecule has 1 aromatic heterocycles. The van der Waals surface area contributed by atoms with Crippen LogP contribution in [0.5, 0.6) is 92.0 Å². The Balaban J connectivity index is 0.000000131. The third-order valence-electron chi connectivity index (χ3n) is 26.3. The smallest absolute Gasteiger partial charge is 0.133 e. The first-order chi connectivity index (χ1) is 59.9. The van der Waals surface area contributed by atoms with Crippen LogP contribution in [0.1, 0.15) is 89.0 Å². The summed E-state index contributed by atoms with van der Waals surface area (Å²) < 4.78 is 56.5. The van der Waals surface area contributed by atoms with Crippen molar-refractivity contribution in [1.82, 2.24) is 4.57 Å². The fourth-order valence-corrected chi connectivity index (χ4v) is 21.6. The van der Waals surface area contributed by atoms with Crippen molar-refractivity contribution in [2.45, 2.75) is 21.7 Å². The molecule has 0 unspecified atom stereocenters. The molecular formula is C112H67NO8. The van der Waals surface area contributed by atoms with Crippen molar-refractivity contribution in [2.24, 2.45) is 0 Å². The molecule has 121 heavy (non-hydrogen) atoms. The molecule has 0 fully saturated rings. The topological polar surface area (TPSA) is 78.8 Å². The fraction of sp³-hybridized carbons (Fsp3) is 0.0357. The van der Waals surface area contributed by atoms with E-state index in [1.54, 1.807) is 0 Å². The monoisotopic (exact) mass is 1550 g/mol. The maximum absolute atomic E-state index is 7.04. The summed E-state index contributed by atoms with van der Waals surface area (Å²) in [4.78, 5) is 0. The third-order valence-corrected chi connectivity index (χ3v) is 26.3.